The molecule has 0 aromatic carbocycles. The molecule has 1 aliphatic rings. The van der Waals surface area contributed by atoms with Gasteiger partial charge >= 0.3 is 0 Å². The minimum atomic E-state index is -0.194. The van der Waals surface area contributed by atoms with Gasteiger partial charge in [-0.1, -0.05) is 0 Å². The van der Waals surface area contributed by atoms with Gasteiger partial charge in [0.1, 0.15) is 0 Å². The molecular formula is C15H20N4O2. The summed E-state index contributed by atoms with van der Waals surface area (Å²) in [5.74, 6) is -0.214. The summed E-state index contributed by atoms with van der Waals surface area (Å²) in [6, 6.07) is 2.02. The topological polar surface area (TPSA) is 74.3 Å². The van der Waals surface area contributed by atoms with Crippen LogP contribution in [0, 0.1) is 0 Å². The normalized spacial score (nSPS) is 18.8. The molecule has 2 heterocycles. The van der Waals surface area contributed by atoms with Crippen LogP contribution < -0.4 is 10.6 Å². The zero-order valence-electron chi connectivity index (χ0n) is 12.3. The van der Waals surface area contributed by atoms with E-state index in [4.69, 9.17) is 0 Å². The van der Waals surface area contributed by atoms with E-state index in [1.54, 1.807) is 25.4 Å². The third-order valence-corrected chi connectivity index (χ3v) is 3.35. The van der Waals surface area contributed by atoms with E-state index in [1.165, 1.54) is 12.3 Å². The molecule has 6 nitrogen and oxygen atoms in total. The summed E-state index contributed by atoms with van der Waals surface area (Å²) in [7, 11) is 1.57. The summed E-state index contributed by atoms with van der Waals surface area (Å²) >= 11 is 0. The molecular weight excluding hydrogens is 268 g/mol. The van der Waals surface area contributed by atoms with Crippen molar-refractivity contribution >= 4 is 17.9 Å². The second-order valence-corrected chi connectivity index (χ2v) is 5.06. The monoisotopic (exact) mass is 288 g/mol. The van der Waals surface area contributed by atoms with E-state index in [1.807, 2.05) is 4.90 Å². The Morgan fingerprint density at radius 2 is 2.29 bits per heavy atom. The maximum atomic E-state index is 12.1. The number of pyridine rings is 1. The molecule has 0 bridgehead atoms. The molecule has 6 heteroatoms. The zero-order chi connectivity index (χ0) is 15.2. The van der Waals surface area contributed by atoms with Gasteiger partial charge in [-0.15, -0.1) is 0 Å². The molecule has 1 aromatic rings. The number of carbonyl (C=O) groups excluding carboxylic acids is 2. The average Bonchev–Trinajstić information content (AvgIpc) is 2.52. The lowest BCUT2D eigenvalue weighted by atomic mass is 10.1. The summed E-state index contributed by atoms with van der Waals surface area (Å²) in [5, 5.41) is 5.84. The molecule has 1 saturated heterocycles. The predicted octanol–water partition coefficient (Wildman–Crippen LogP) is 0.275. The maximum Gasteiger partial charge on any atom is 0.252 e. The molecule has 2 N–H and O–H groups in total. The van der Waals surface area contributed by atoms with Gasteiger partial charge in [0.05, 0.1) is 5.56 Å². The summed E-state index contributed by atoms with van der Waals surface area (Å²) in [4.78, 5) is 29.5. The zero-order valence-corrected chi connectivity index (χ0v) is 12.3. The number of rotatable bonds is 3. The van der Waals surface area contributed by atoms with E-state index in [0.717, 1.165) is 12.1 Å². The Balaban J connectivity index is 2.03. The van der Waals surface area contributed by atoms with Crippen LogP contribution >= 0.6 is 0 Å². The highest BCUT2D eigenvalue weighted by Crippen LogP contribution is 2.06. The fraction of sp³-hybridized carbons (Fsp3) is 0.400. The van der Waals surface area contributed by atoms with Crippen LogP contribution in [0.4, 0.5) is 0 Å². The summed E-state index contributed by atoms with van der Waals surface area (Å²) < 4.78 is 0. The molecule has 1 aromatic heterocycles. The largest absolute Gasteiger partial charge is 0.355 e. The lowest BCUT2D eigenvalue weighted by Gasteiger charge is -2.31. The van der Waals surface area contributed by atoms with E-state index in [-0.39, 0.29) is 11.8 Å². The first-order chi connectivity index (χ1) is 10.1. The molecule has 2 rings (SSSR count). The maximum absolute atomic E-state index is 12.1. The van der Waals surface area contributed by atoms with Crippen molar-refractivity contribution in [1.82, 2.24) is 20.5 Å². The van der Waals surface area contributed by atoms with Crippen molar-refractivity contribution in [2.75, 3.05) is 26.7 Å². The Morgan fingerprint density at radius 1 is 1.48 bits per heavy atom. The van der Waals surface area contributed by atoms with Crippen LogP contribution in [0.2, 0.25) is 0 Å². The molecule has 1 unspecified atom stereocenters. The molecule has 21 heavy (non-hydrogen) atoms. The molecule has 1 atom stereocenters. The molecule has 2 amide bonds. The van der Waals surface area contributed by atoms with E-state index in [0.29, 0.717) is 24.7 Å². The van der Waals surface area contributed by atoms with Gasteiger partial charge in [0.15, 0.2) is 0 Å². The second kappa shape index (κ2) is 6.99. The van der Waals surface area contributed by atoms with Crippen molar-refractivity contribution in [2.45, 2.75) is 13.0 Å². The highest BCUT2D eigenvalue weighted by atomic mass is 16.2. The van der Waals surface area contributed by atoms with Gasteiger partial charge in [-0.25, -0.2) is 0 Å². The highest BCUT2D eigenvalue weighted by molar-refractivity contribution is 5.95. The molecule has 1 aliphatic heterocycles. The number of hydrogen-bond donors (Lipinski definition) is 2. The first-order valence-corrected chi connectivity index (χ1v) is 6.97. The van der Waals surface area contributed by atoms with E-state index in [9.17, 15) is 9.59 Å². The van der Waals surface area contributed by atoms with Crippen molar-refractivity contribution in [3.63, 3.8) is 0 Å². The van der Waals surface area contributed by atoms with Gasteiger partial charge in [0.2, 0.25) is 5.91 Å². The van der Waals surface area contributed by atoms with Gasteiger partial charge in [-0.3, -0.25) is 14.6 Å². The Bertz CT molecular complexity index is 556. The summed E-state index contributed by atoms with van der Waals surface area (Å²) in [5.41, 5.74) is 1.20. The van der Waals surface area contributed by atoms with Crippen LogP contribution in [-0.2, 0) is 4.79 Å². The Hall–Kier alpha value is -2.21. The number of hydrogen-bond acceptors (Lipinski definition) is 4. The number of piperazine rings is 1. The lowest BCUT2D eigenvalue weighted by molar-refractivity contribution is -0.127. The minimum absolute atomic E-state index is 0.0197. The smallest absolute Gasteiger partial charge is 0.252 e. The van der Waals surface area contributed by atoms with Crippen molar-refractivity contribution in [3.8, 4) is 0 Å². The van der Waals surface area contributed by atoms with Crippen LogP contribution in [0.25, 0.3) is 6.08 Å². The van der Waals surface area contributed by atoms with E-state index < -0.39 is 0 Å². The SMILES string of the molecule is CNC(=O)c1cncc(C=CC(=O)N2CCNC(C)C2)c1. The quantitative estimate of drug-likeness (QED) is 0.783. The first-order valence-electron chi connectivity index (χ1n) is 6.97. The van der Waals surface area contributed by atoms with Gasteiger partial charge in [0.25, 0.3) is 5.91 Å². The molecule has 112 valence electrons. The number of carbonyl (C=O) groups is 2. The molecule has 0 spiro atoms. The number of nitrogens with zero attached hydrogens (tertiary/aromatic N) is 2. The van der Waals surface area contributed by atoms with Gasteiger partial charge in [-0.05, 0) is 24.6 Å². The van der Waals surface area contributed by atoms with Crippen molar-refractivity contribution in [2.24, 2.45) is 0 Å². The summed E-state index contributed by atoms with van der Waals surface area (Å²) in [6.45, 7) is 4.29. The fourth-order valence-corrected chi connectivity index (χ4v) is 2.22. The van der Waals surface area contributed by atoms with Crippen molar-refractivity contribution < 1.29 is 9.59 Å². The van der Waals surface area contributed by atoms with Crippen LogP contribution in [0.3, 0.4) is 0 Å². The van der Waals surface area contributed by atoms with Crippen molar-refractivity contribution in [3.05, 3.63) is 35.7 Å². The predicted molar refractivity (Wildman–Crippen MR) is 80.7 cm³/mol. The number of aromatic nitrogens is 1. The van der Waals surface area contributed by atoms with Gasteiger partial charge in [-0.2, -0.15) is 0 Å². The molecule has 0 saturated carbocycles. The van der Waals surface area contributed by atoms with Crippen LogP contribution in [0.15, 0.2) is 24.5 Å². The minimum Gasteiger partial charge on any atom is -0.355 e. The number of amides is 2. The second-order valence-electron chi connectivity index (χ2n) is 5.06. The lowest BCUT2D eigenvalue weighted by Crippen LogP contribution is -2.50. The highest BCUT2D eigenvalue weighted by Gasteiger charge is 2.18. The Labute approximate surface area is 124 Å². The van der Waals surface area contributed by atoms with Gasteiger partial charge in [0, 0.05) is 51.2 Å². The molecule has 1 fully saturated rings. The Morgan fingerprint density at radius 3 is 3.00 bits per heavy atom. The first kappa shape index (κ1) is 15.2. The third kappa shape index (κ3) is 4.13. The summed E-state index contributed by atoms with van der Waals surface area (Å²) in [6.07, 6.45) is 6.34. The third-order valence-electron chi connectivity index (χ3n) is 3.35. The standard InChI is InChI=1S/C15H20N4O2/c1-11-10-19(6-5-18-11)14(20)4-3-12-7-13(9-17-8-12)15(21)16-2/h3-4,7-9,11,18H,5-6,10H2,1-2H3,(H,16,21). The van der Waals surface area contributed by atoms with Gasteiger partial charge < -0.3 is 15.5 Å². The average molecular weight is 288 g/mol. The van der Waals surface area contributed by atoms with Crippen LogP contribution in [0.1, 0.15) is 22.8 Å². The van der Waals surface area contributed by atoms with Crippen LogP contribution in [-0.4, -0.2) is 54.4 Å². The molecule has 0 radical (unpaired) electrons. The van der Waals surface area contributed by atoms with E-state index in [2.05, 4.69) is 22.5 Å². The molecule has 0 aliphatic carbocycles. The Kier molecular flexibility index (Phi) is 5.05. The van der Waals surface area contributed by atoms with Crippen LogP contribution in [0.5, 0.6) is 0 Å². The van der Waals surface area contributed by atoms with Crippen molar-refractivity contribution in [1.29, 1.82) is 0 Å². The fourth-order valence-electron chi connectivity index (χ4n) is 2.22. The van der Waals surface area contributed by atoms with E-state index >= 15 is 0 Å². The number of nitrogens with one attached hydrogen (secondary N) is 2.